The van der Waals surface area contributed by atoms with Crippen molar-refractivity contribution in [2.24, 2.45) is 5.41 Å². The third kappa shape index (κ3) is 8.21. The van der Waals surface area contributed by atoms with Crippen LogP contribution in [0.1, 0.15) is 81.3 Å². The normalized spacial score (nSPS) is 11.4. The van der Waals surface area contributed by atoms with Crippen molar-refractivity contribution in [2.45, 2.75) is 72.8 Å². The lowest BCUT2D eigenvalue weighted by Gasteiger charge is -2.27. The Morgan fingerprint density at radius 3 is 1.95 bits per heavy atom. The second kappa shape index (κ2) is 12.6. The molecule has 0 bridgehead atoms. The summed E-state index contributed by atoms with van der Waals surface area (Å²) in [6, 6.07) is 21.1. The average molecular weight is 502 g/mol. The molecule has 0 aliphatic rings. The molecular weight excluding hydrogens is 462 g/mol. The van der Waals surface area contributed by atoms with Gasteiger partial charge in [0.1, 0.15) is 11.3 Å². The van der Waals surface area contributed by atoms with Gasteiger partial charge in [-0.3, -0.25) is 4.79 Å². The summed E-state index contributed by atoms with van der Waals surface area (Å²) in [5.41, 5.74) is 4.62. The molecule has 0 saturated carbocycles. The Bertz CT molecular complexity index is 1190. The Balaban J connectivity index is 1.80. The number of benzene rings is 3. The van der Waals surface area contributed by atoms with E-state index in [0.717, 1.165) is 23.2 Å². The first-order valence-electron chi connectivity index (χ1n) is 13.1. The smallest absolute Gasteiger partial charge is 0.339 e. The van der Waals surface area contributed by atoms with E-state index in [0.29, 0.717) is 12.0 Å². The number of amides is 1. The lowest BCUT2D eigenvalue weighted by molar-refractivity contribution is -0.120. The van der Waals surface area contributed by atoms with Crippen molar-refractivity contribution in [3.8, 4) is 16.9 Å². The van der Waals surface area contributed by atoms with E-state index in [9.17, 15) is 19.8 Å². The number of carboxylic acid groups (broad SMARTS) is 1. The van der Waals surface area contributed by atoms with Crippen molar-refractivity contribution in [3.63, 3.8) is 0 Å². The summed E-state index contributed by atoms with van der Waals surface area (Å²) in [6.45, 7) is 8.52. The number of aromatic hydroxyl groups is 1. The fraction of sp³-hybridized carbons (Fsp3) is 0.375. The molecule has 0 fully saturated rings. The highest BCUT2D eigenvalue weighted by Crippen LogP contribution is 2.29. The van der Waals surface area contributed by atoms with E-state index in [4.69, 9.17) is 0 Å². The van der Waals surface area contributed by atoms with Crippen molar-refractivity contribution in [3.05, 3.63) is 83.4 Å². The number of carbonyl (C=O) groups excluding carboxylic acids is 1. The van der Waals surface area contributed by atoms with E-state index < -0.39 is 5.97 Å². The van der Waals surface area contributed by atoms with Crippen LogP contribution in [0.3, 0.4) is 0 Å². The molecule has 3 aromatic carbocycles. The number of aromatic carboxylic acids is 1. The number of aryl methyl sites for hydroxylation is 1. The SMILES string of the molecule is CCCCCCc1ccc(-c2ccc(N(Cc3ccc(C(=O)O)c(O)c3)C(=O)CC(C)(C)C)cc2)cc1. The van der Waals surface area contributed by atoms with Crippen LogP contribution < -0.4 is 4.90 Å². The molecule has 0 aliphatic heterocycles. The standard InChI is InChI=1S/C32H39NO4/c1-5-6-7-8-9-23-10-13-25(14-11-23)26-15-17-27(18-16-26)33(30(35)21-32(2,3)4)22-24-12-19-28(31(36)37)29(34)20-24/h10-20,34H,5-9,21-22H2,1-4H3,(H,36,37). The molecule has 0 radical (unpaired) electrons. The molecule has 0 saturated heterocycles. The summed E-state index contributed by atoms with van der Waals surface area (Å²) >= 11 is 0. The molecule has 0 aromatic heterocycles. The predicted molar refractivity (Wildman–Crippen MR) is 150 cm³/mol. The molecule has 0 atom stereocenters. The molecule has 3 aromatic rings. The van der Waals surface area contributed by atoms with Gasteiger partial charge in [0.2, 0.25) is 5.91 Å². The first-order valence-corrected chi connectivity index (χ1v) is 13.1. The van der Waals surface area contributed by atoms with Crippen LogP contribution in [0.25, 0.3) is 11.1 Å². The van der Waals surface area contributed by atoms with Gasteiger partial charge in [-0.15, -0.1) is 0 Å². The molecule has 37 heavy (non-hydrogen) atoms. The van der Waals surface area contributed by atoms with Gasteiger partial charge < -0.3 is 15.1 Å². The number of phenols is 1. The van der Waals surface area contributed by atoms with Gasteiger partial charge in [0.25, 0.3) is 0 Å². The van der Waals surface area contributed by atoms with Crippen LogP contribution in [0.4, 0.5) is 5.69 Å². The van der Waals surface area contributed by atoms with Crippen LogP contribution >= 0.6 is 0 Å². The number of unbranched alkanes of at least 4 members (excludes halogenated alkanes) is 3. The third-order valence-corrected chi connectivity index (χ3v) is 6.40. The summed E-state index contributed by atoms with van der Waals surface area (Å²) in [6.07, 6.45) is 6.48. The quantitative estimate of drug-likeness (QED) is 0.262. The molecule has 0 spiro atoms. The monoisotopic (exact) mass is 501 g/mol. The number of hydrogen-bond donors (Lipinski definition) is 2. The number of carbonyl (C=O) groups is 2. The van der Waals surface area contributed by atoms with Crippen LogP contribution in [0.15, 0.2) is 66.7 Å². The van der Waals surface area contributed by atoms with Crippen molar-refractivity contribution in [1.29, 1.82) is 0 Å². The Hall–Kier alpha value is -3.60. The minimum Gasteiger partial charge on any atom is -0.507 e. The Kier molecular flexibility index (Phi) is 9.51. The second-order valence-electron chi connectivity index (χ2n) is 10.9. The fourth-order valence-electron chi connectivity index (χ4n) is 4.37. The molecule has 0 aliphatic carbocycles. The molecule has 0 heterocycles. The topological polar surface area (TPSA) is 77.8 Å². The summed E-state index contributed by atoms with van der Waals surface area (Å²) in [4.78, 5) is 26.3. The number of anilines is 1. The minimum absolute atomic E-state index is 0.0329. The maximum atomic E-state index is 13.3. The summed E-state index contributed by atoms with van der Waals surface area (Å²) in [5, 5.41) is 19.3. The number of carboxylic acids is 1. The Labute approximate surface area is 220 Å². The molecule has 0 unspecified atom stereocenters. The van der Waals surface area contributed by atoms with Crippen LogP contribution in [0, 0.1) is 5.41 Å². The van der Waals surface area contributed by atoms with E-state index in [2.05, 4.69) is 31.2 Å². The van der Waals surface area contributed by atoms with Crippen LogP contribution in [0.5, 0.6) is 5.75 Å². The lowest BCUT2D eigenvalue weighted by atomic mass is 9.91. The van der Waals surface area contributed by atoms with Gasteiger partial charge in [0.15, 0.2) is 0 Å². The van der Waals surface area contributed by atoms with E-state index in [1.54, 1.807) is 11.0 Å². The van der Waals surface area contributed by atoms with E-state index in [1.807, 2.05) is 45.0 Å². The molecule has 1 amide bonds. The van der Waals surface area contributed by atoms with Crippen LogP contribution in [-0.4, -0.2) is 22.1 Å². The van der Waals surface area contributed by atoms with E-state index >= 15 is 0 Å². The zero-order chi connectivity index (χ0) is 27.0. The van der Waals surface area contributed by atoms with Crippen LogP contribution in [-0.2, 0) is 17.8 Å². The molecule has 3 rings (SSSR count). The Morgan fingerprint density at radius 2 is 1.41 bits per heavy atom. The van der Waals surface area contributed by atoms with Crippen molar-refractivity contribution >= 4 is 17.6 Å². The van der Waals surface area contributed by atoms with Gasteiger partial charge >= 0.3 is 5.97 Å². The average Bonchev–Trinajstić information content (AvgIpc) is 2.84. The first-order chi connectivity index (χ1) is 17.6. The van der Waals surface area contributed by atoms with Gasteiger partial charge in [-0.05, 0) is 64.8 Å². The van der Waals surface area contributed by atoms with Gasteiger partial charge in [-0.1, -0.05) is 89.4 Å². The van der Waals surface area contributed by atoms with Crippen LogP contribution in [0.2, 0.25) is 0 Å². The van der Waals surface area contributed by atoms with Crippen molar-refractivity contribution in [1.82, 2.24) is 0 Å². The zero-order valence-corrected chi connectivity index (χ0v) is 22.5. The summed E-state index contributed by atoms with van der Waals surface area (Å²) in [5.74, 6) is -1.53. The van der Waals surface area contributed by atoms with E-state index in [1.165, 1.54) is 43.4 Å². The highest BCUT2D eigenvalue weighted by Gasteiger charge is 2.23. The van der Waals surface area contributed by atoms with Gasteiger partial charge in [-0.2, -0.15) is 0 Å². The molecular formula is C32H39NO4. The van der Waals surface area contributed by atoms with Crippen molar-refractivity contribution in [2.75, 3.05) is 4.90 Å². The molecule has 5 heteroatoms. The summed E-state index contributed by atoms with van der Waals surface area (Å²) in [7, 11) is 0. The van der Waals surface area contributed by atoms with Gasteiger partial charge in [0, 0.05) is 12.1 Å². The number of hydrogen-bond acceptors (Lipinski definition) is 3. The second-order valence-corrected chi connectivity index (χ2v) is 10.9. The van der Waals surface area contributed by atoms with Crippen molar-refractivity contribution < 1.29 is 19.8 Å². The maximum Gasteiger partial charge on any atom is 0.339 e. The van der Waals surface area contributed by atoms with E-state index in [-0.39, 0.29) is 29.2 Å². The number of nitrogens with zero attached hydrogens (tertiary/aromatic N) is 1. The lowest BCUT2D eigenvalue weighted by Crippen LogP contribution is -2.33. The highest BCUT2D eigenvalue weighted by atomic mass is 16.4. The van der Waals surface area contributed by atoms with Gasteiger partial charge in [-0.25, -0.2) is 4.79 Å². The predicted octanol–water partition coefficient (Wildman–Crippen LogP) is 7.85. The number of rotatable bonds is 11. The highest BCUT2D eigenvalue weighted by molar-refractivity contribution is 5.94. The third-order valence-electron chi connectivity index (χ3n) is 6.40. The Morgan fingerprint density at radius 1 is 0.811 bits per heavy atom. The fourth-order valence-corrected chi connectivity index (χ4v) is 4.37. The molecule has 5 nitrogen and oxygen atoms in total. The minimum atomic E-state index is -1.19. The zero-order valence-electron chi connectivity index (χ0n) is 22.5. The van der Waals surface area contributed by atoms with Gasteiger partial charge in [0.05, 0.1) is 6.54 Å². The summed E-state index contributed by atoms with van der Waals surface area (Å²) < 4.78 is 0. The first kappa shape index (κ1) is 28.0. The maximum absolute atomic E-state index is 13.3. The molecule has 196 valence electrons. The largest absolute Gasteiger partial charge is 0.507 e. The molecule has 2 N–H and O–H groups in total.